The van der Waals surface area contributed by atoms with E-state index in [4.69, 9.17) is 18.2 Å². The first-order chi connectivity index (χ1) is 8.11. The average molecular weight is 391 g/mol. The largest absolute Gasteiger partial charge is 0.393 e. The number of nitrogen functional groups attached to an aromatic ring is 1. The lowest BCUT2D eigenvalue weighted by molar-refractivity contribution is -0.312. The Morgan fingerprint density at radius 2 is 1.94 bits per heavy atom. The van der Waals surface area contributed by atoms with Gasteiger partial charge < -0.3 is 5.73 Å². The van der Waals surface area contributed by atoms with Crippen LogP contribution in [0.1, 0.15) is 4.88 Å². The van der Waals surface area contributed by atoms with E-state index in [0.29, 0.717) is 0 Å². The van der Waals surface area contributed by atoms with Crippen LogP contribution in [-0.2, 0) is 12.4 Å². The van der Waals surface area contributed by atoms with Gasteiger partial charge in [-0.3, -0.25) is 0 Å². The number of nitrogens with one attached hydrogen (secondary N) is 1. The summed E-state index contributed by atoms with van der Waals surface area (Å²) in [6.45, 7) is 2.11. The van der Waals surface area contributed by atoms with Gasteiger partial charge in [0.25, 0.3) is 12.4 Å². The summed E-state index contributed by atoms with van der Waals surface area (Å²) in [4.78, 5) is 1.28. The quantitative estimate of drug-likeness (QED) is 0.495. The van der Waals surface area contributed by atoms with E-state index in [-0.39, 0.29) is 0 Å². The first-order valence-corrected chi connectivity index (χ1v) is 8.02. The Bertz CT molecular complexity index is 757. The first-order valence-electron chi connectivity index (χ1n) is 4.90. The monoisotopic (exact) mass is 391 g/mol. The highest BCUT2D eigenvalue weighted by Gasteiger charge is 2.19. The van der Waals surface area contributed by atoms with Crippen molar-refractivity contribution >= 4 is 89.2 Å². The molecule has 0 atom stereocenters. The van der Waals surface area contributed by atoms with Crippen LogP contribution in [0.15, 0.2) is 12.1 Å². The smallest absolute Gasteiger partial charge is 0.268 e. The van der Waals surface area contributed by atoms with Crippen LogP contribution in [0.2, 0.25) is 0 Å². The first kappa shape index (κ1) is 11.8. The molecule has 2 heterocycles. The number of rotatable bonds is 1. The molecule has 86 valence electrons. The normalized spacial score (nSPS) is 11.4. The number of thiophene rings is 2. The van der Waals surface area contributed by atoms with E-state index < -0.39 is 0 Å². The van der Waals surface area contributed by atoms with Crippen LogP contribution in [0.3, 0.4) is 0 Å². The molecule has 0 radical (unpaired) electrons. The molecular weight excluding hydrogens is 383 g/mol. The van der Waals surface area contributed by atoms with Gasteiger partial charge in [0.05, 0.1) is 17.7 Å². The Labute approximate surface area is 125 Å². The van der Waals surface area contributed by atoms with E-state index in [1.807, 2.05) is 0 Å². The minimum absolute atomic E-state index is 0.765. The molecule has 2 nitrogen and oxygen atoms in total. The lowest BCUT2D eigenvalue weighted by Crippen LogP contribution is -2.56. The molecule has 3 aromatic rings. The Kier molecular flexibility index (Phi) is 2.85. The lowest BCUT2D eigenvalue weighted by Gasteiger charge is -1.98. The van der Waals surface area contributed by atoms with Crippen molar-refractivity contribution < 1.29 is 4.36 Å². The van der Waals surface area contributed by atoms with Gasteiger partial charge in [0.15, 0.2) is 0 Å². The fourth-order valence-corrected chi connectivity index (χ4v) is 5.26. The van der Waals surface area contributed by atoms with Crippen molar-refractivity contribution in [3.63, 3.8) is 0 Å². The van der Waals surface area contributed by atoms with Gasteiger partial charge in [0.2, 0.25) is 5.69 Å². The molecule has 0 aliphatic rings. The van der Waals surface area contributed by atoms with Crippen molar-refractivity contribution in [3.05, 3.63) is 19.9 Å². The zero-order valence-corrected chi connectivity index (χ0v) is 13.4. The second kappa shape index (κ2) is 4.11. The molecule has 0 fully saturated rings. The molecule has 0 unspecified atom stereocenters. The third-order valence-corrected chi connectivity index (χ3v) is 6.01. The molecule has 0 bridgehead atoms. The predicted molar refractivity (Wildman–Crippen MR) is 87.1 cm³/mol. The SMILES string of the molecule is Cc1cc2c(N)c([NH+]=S)c3cc(I)sc3c2s1. The summed E-state index contributed by atoms with van der Waals surface area (Å²) in [5.41, 5.74) is 7.84. The van der Waals surface area contributed by atoms with Crippen LogP contribution in [0.5, 0.6) is 0 Å². The maximum Gasteiger partial charge on any atom is 0.268 e. The van der Waals surface area contributed by atoms with Crippen LogP contribution in [-0.4, -0.2) is 0 Å². The predicted octanol–water partition coefficient (Wildman–Crippen LogP) is 3.05. The third-order valence-electron chi connectivity index (χ3n) is 2.69. The number of anilines is 1. The third kappa shape index (κ3) is 1.69. The van der Waals surface area contributed by atoms with Gasteiger partial charge in [-0.15, -0.1) is 27.0 Å². The molecule has 0 aliphatic carbocycles. The van der Waals surface area contributed by atoms with E-state index in [1.54, 1.807) is 22.7 Å². The summed E-state index contributed by atoms with van der Waals surface area (Å²) in [6.07, 6.45) is 0. The molecule has 0 saturated carbocycles. The number of benzene rings is 1. The number of fused-ring (bicyclic) bond motifs is 3. The van der Waals surface area contributed by atoms with Gasteiger partial charge >= 0.3 is 0 Å². The standard InChI is InChI=1S/C11H7IN2S3/c1-4-2-5-8(13)9(14-15)6-3-7(12)17-11(6)10(5)16-4/h2-3H,13H2,1H3/p+1. The van der Waals surface area contributed by atoms with Gasteiger partial charge in [-0.25, -0.2) is 0 Å². The zero-order valence-electron chi connectivity index (χ0n) is 8.83. The van der Waals surface area contributed by atoms with Crippen molar-refractivity contribution in [3.8, 4) is 0 Å². The van der Waals surface area contributed by atoms with Crippen LogP contribution in [0.25, 0.3) is 20.2 Å². The number of nitrogens with two attached hydrogens (primary N) is 1. The van der Waals surface area contributed by atoms with E-state index in [0.717, 1.165) is 22.1 Å². The van der Waals surface area contributed by atoms with Gasteiger partial charge in [-0.2, -0.15) is 0 Å². The van der Waals surface area contributed by atoms with E-state index in [2.05, 4.69) is 46.0 Å². The van der Waals surface area contributed by atoms with Gasteiger partial charge in [-0.05, 0) is 41.6 Å². The second-order valence-electron chi connectivity index (χ2n) is 3.78. The molecule has 1 aromatic carbocycles. The summed E-state index contributed by atoms with van der Waals surface area (Å²) in [5, 5.41) is 2.26. The molecule has 0 aliphatic heterocycles. The van der Waals surface area contributed by atoms with Crippen LogP contribution in [0.4, 0.5) is 11.4 Å². The van der Waals surface area contributed by atoms with E-state index >= 15 is 0 Å². The Balaban J connectivity index is 2.66. The number of hydrogen-bond donors (Lipinski definition) is 2. The maximum atomic E-state index is 6.20. The topological polar surface area (TPSA) is 40.0 Å². The molecule has 2 aromatic heterocycles. The fraction of sp³-hybridized carbons (Fsp3) is 0.0909. The molecule has 3 N–H and O–H groups in total. The highest BCUT2D eigenvalue weighted by Crippen LogP contribution is 2.44. The Morgan fingerprint density at radius 1 is 1.24 bits per heavy atom. The summed E-state index contributed by atoms with van der Waals surface area (Å²) in [5.74, 6) is 0. The molecule has 3 rings (SSSR count). The minimum atomic E-state index is 0.765. The van der Waals surface area contributed by atoms with E-state index in [9.17, 15) is 0 Å². The van der Waals surface area contributed by atoms with Gasteiger partial charge in [0, 0.05) is 10.3 Å². The molecule has 0 spiro atoms. The maximum absolute atomic E-state index is 6.20. The molecule has 17 heavy (non-hydrogen) atoms. The number of hydrogen-bond acceptors (Lipinski definition) is 4. The van der Waals surface area contributed by atoms with E-state index in [1.165, 1.54) is 17.2 Å². The summed E-state index contributed by atoms with van der Waals surface area (Å²) in [6, 6.07) is 4.28. The Hall–Kier alpha value is -0.310. The molecule has 6 heteroatoms. The fourth-order valence-electron chi connectivity index (χ4n) is 1.99. The van der Waals surface area contributed by atoms with Crippen LogP contribution < -0.4 is 10.1 Å². The number of aryl methyl sites for hydroxylation is 1. The highest BCUT2D eigenvalue weighted by atomic mass is 127. The average Bonchev–Trinajstić information content (AvgIpc) is 2.82. The van der Waals surface area contributed by atoms with Gasteiger partial charge in [0.1, 0.15) is 5.69 Å². The molecule has 0 saturated heterocycles. The van der Waals surface area contributed by atoms with Crippen molar-refractivity contribution in [2.24, 2.45) is 0 Å². The summed E-state index contributed by atoms with van der Waals surface area (Å²) in [7, 11) is 0. The molecular formula is C11H8IN2S3+. The zero-order chi connectivity index (χ0) is 12.2. The van der Waals surface area contributed by atoms with Gasteiger partial charge in [-0.1, -0.05) is 0 Å². The second-order valence-corrected chi connectivity index (χ2v) is 8.19. The van der Waals surface area contributed by atoms with Crippen molar-refractivity contribution in [2.75, 3.05) is 5.73 Å². The van der Waals surface area contributed by atoms with Crippen LogP contribution >= 0.6 is 45.3 Å². The van der Waals surface area contributed by atoms with Crippen LogP contribution in [0, 0.1) is 9.81 Å². The van der Waals surface area contributed by atoms with Crippen molar-refractivity contribution in [2.45, 2.75) is 6.92 Å². The lowest BCUT2D eigenvalue weighted by atomic mass is 10.1. The molecule has 0 amide bonds. The summed E-state index contributed by atoms with van der Waals surface area (Å²) < 4.78 is 6.63. The van der Waals surface area contributed by atoms with Crippen molar-refractivity contribution in [1.29, 1.82) is 0 Å². The minimum Gasteiger partial charge on any atom is -0.393 e. The Morgan fingerprint density at radius 3 is 2.65 bits per heavy atom. The van der Waals surface area contributed by atoms with Crippen molar-refractivity contribution in [1.82, 2.24) is 0 Å². The summed E-state index contributed by atoms with van der Waals surface area (Å²) >= 11 is 10.9. The highest BCUT2D eigenvalue weighted by molar-refractivity contribution is 14.1. The number of halogens is 1.